The Kier molecular flexibility index (Phi) is 3.46. The zero-order chi connectivity index (χ0) is 10.7. The standard InChI is InChI=1S/C9H17N3O2/c1-5(2)8(10)9(14)12-6-3-7(13)11-4-6/h5-6,8H,3-4,10H2,1-2H3,(H,11,13)(H,12,14). The molecule has 1 aliphatic rings. The quantitative estimate of drug-likeness (QED) is 0.543. The SMILES string of the molecule is CC(C)C(N)C(=O)NC1CNC(=O)C1. The van der Waals surface area contributed by atoms with E-state index in [0.29, 0.717) is 13.0 Å². The first kappa shape index (κ1) is 11.0. The van der Waals surface area contributed by atoms with Crippen LogP contribution >= 0.6 is 0 Å². The van der Waals surface area contributed by atoms with Gasteiger partial charge in [0.25, 0.3) is 0 Å². The fourth-order valence-electron chi connectivity index (χ4n) is 1.31. The van der Waals surface area contributed by atoms with Crippen LogP contribution in [0.2, 0.25) is 0 Å². The average molecular weight is 199 g/mol. The highest BCUT2D eigenvalue weighted by molar-refractivity contribution is 5.84. The molecule has 80 valence electrons. The van der Waals surface area contributed by atoms with Crippen LogP contribution in [-0.2, 0) is 9.59 Å². The maximum absolute atomic E-state index is 11.5. The fourth-order valence-corrected chi connectivity index (χ4v) is 1.31. The topological polar surface area (TPSA) is 84.2 Å². The van der Waals surface area contributed by atoms with Gasteiger partial charge in [0.2, 0.25) is 11.8 Å². The predicted molar refractivity (Wildman–Crippen MR) is 52.4 cm³/mol. The van der Waals surface area contributed by atoms with Crippen molar-refractivity contribution in [3.63, 3.8) is 0 Å². The molecule has 4 N–H and O–H groups in total. The van der Waals surface area contributed by atoms with E-state index in [1.54, 1.807) is 0 Å². The van der Waals surface area contributed by atoms with Gasteiger partial charge in [0.15, 0.2) is 0 Å². The molecule has 14 heavy (non-hydrogen) atoms. The molecule has 0 saturated carbocycles. The number of carbonyl (C=O) groups is 2. The fraction of sp³-hybridized carbons (Fsp3) is 0.778. The van der Waals surface area contributed by atoms with Crippen LogP contribution in [0, 0.1) is 5.92 Å². The van der Waals surface area contributed by atoms with Gasteiger partial charge in [-0.05, 0) is 5.92 Å². The molecule has 0 aromatic heterocycles. The lowest BCUT2D eigenvalue weighted by molar-refractivity contribution is -0.123. The van der Waals surface area contributed by atoms with Crippen molar-refractivity contribution in [1.82, 2.24) is 10.6 Å². The zero-order valence-electron chi connectivity index (χ0n) is 8.54. The van der Waals surface area contributed by atoms with Gasteiger partial charge in [-0.25, -0.2) is 0 Å². The summed E-state index contributed by atoms with van der Waals surface area (Å²) in [5, 5.41) is 5.39. The normalized spacial score (nSPS) is 23.4. The van der Waals surface area contributed by atoms with E-state index < -0.39 is 6.04 Å². The average Bonchev–Trinajstić information content (AvgIpc) is 2.49. The van der Waals surface area contributed by atoms with Crippen molar-refractivity contribution >= 4 is 11.8 Å². The van der Waals surface area contributed by atoms with E-state index in [0.717, 1.165) is 0 Å². The Bertz CT molecular complexity index is 240. The van der Waals surface area contributed by atoms with Crippen LogP contribution < -0.4 is 16.4 Å². The monoisotopic (exact) mass is 199 g/mol. The van der Waals surface area contributed by atoms with Gasteiger partial charge >= 0.3 is 0 Å². The van der Waals surface area contributed by atoms with Gasteiger partial charge in [-0.15, -0.1) is 0 Å². The Morgan fingerprint density at radius 3 is 2.71 bits per heavy atom. The molecule has 0 spiro atoms. The van der Waals surface area contributed by atoms with Crippen molar-refractivity contribution in [1.29, 1.82) is 0 Å². The Hall–Kier alpha value is -1.10. The molecule has 1 rings (SSSR count). The van der Waals surface area contributed by atoms with E-state index in [-0.39, 0.29) is 23.8 Å². The minimum atomic E-state index is -0.495. The summed E-state index contributed by atoms with van der Waals surface area (Å²) in [5.74, 6) is -0.0880. The number of amides is 2. The third kappa shape index (κ3) is 2.70. The van der Waals surface area contributed by atoms with Crippen molar-refractivity contribution in [2.75, 3.05) is 6.54 Å². The van der Waals surface area contributed by atoms with Gasteiger partial charge < -0.3 is 16.4 Å². The summed E-state index contributed by atoms with van der Waals surface area (Å²) in [6.45, 7) is 4.29. The third-order valence-electron chi connectivity index (χ3n) is 2.34. The molecular weight excluding hydrogens is 182 g/mol. The molecule has 0 aromatic rings. The minimum Gasteiger partial charge on any atom is -0.354 e. The van der Waals surface area contributed by atoms with Gasteiger partial charge in [-0.3, -0.25) is 9.59 Å². The molecule has 0 bridgehead atoms. The summed E-state index contributed by atoms with van der Waals surface area (Å²) >= 11 is 0. The summed E-state index contributed by atoms with van der Waals surface area (Å²) in [7, 11) is 0. The molecule has 2 unspecified atom stereocenters. The van der Waals surface area contributed by atoms with E-state index >= 15 is 0 Å². The second kappa shape index (κ2) is 4.41. The lowest BCUT2D eigenvalue weighted by atomic mass is 10.0. The number of hydrogen-bond acceptors (Lipinski definition) is 3. The molecule has 0 aliphatic carbocycles. The summed E-state index contributed by atoms with van der Waals surface area (Å²) < 4.78 is 0. The van der Waals surface area contributed by atoms with E-state index in [9.17, 15) is 9.59 Å². The van der Waals surface area contributed by atoms with Crippen LogP contribution in [0.15, 0.2) is 0 Å². The number of rotatable bonds is 3. The largest absolute Gasteiger partial charge is 0.354 e. The van der Waals surface area contributed by atoms with Crippen LogP contribution in [-0.4, -0.2) is 30.4 Å². The van der Waals surface area contributed by atoms with E-state index in [1.807, 2.05) is 13.8 Å². The molecule has 0 radical (unpaired) electrons. The first-order valence-electron chi connectivity index (χ1n) is 4.83. The predicted octanol–water partition coefficient (Wildman–Crippen LogP) is -1.03. The summed E-state index contributed by atoms with van der Waals surface area (Å²) in [6, 6.07) is -0.592. The third-order valence-corrected chi connectivity index (χ3v) is 2.34. The van der Waals surface area contributed by atoms with Crippen LogP contribution in [0.1, 0.15) is 20.3 Å². The Morgan fingerprint density at radius 1 is 1.64 bits per heavy atom. The van der Waals surface area contributed by atoms with Crippen molar-refractivity contribution in [3.8, 4) is 0 Å². The minimum absolute atomic E-state index is 0.0200. The van der Waals surface area contributed by atoms with Crippen LogP contribution in [0.4, 0.5) is 0 Å². The second-order valence-corrected chi connectivity index (χ2v) is 3.98. The van der Waals surface area contributed by atoms with Crippen molar-refractivity contribution in [2.45, 2.75) is 32.4 Å². The number of carbonyl (C=O) groups excluding carboxylic acids is 2. The molecule has 1 aliphatic heterocycles. The van der Waals surface area contributed by atoms with Gasteiger partial charge in [0.05, 0.1) is 12.1 Å². The lowest BCUT2D eigenvalue weighted by Gasteiger charge is -2.17. The molecule has 1 fully saturated rings. The zero-order valence-corrected chi connectivity index (χ0v) is 8.54. The first-order chi connectivity index (χ1) is 6.50. The molecule has 1 saturated heterocycles. The first-order valence-corrected chi connectivity index (χ1v) is 4.83. The van der Waals surface area contributed by atoms with Crippen molar-refractivity contribution in [3.05, 3.63) is 0 Å². The van der Waals surface area contributed by atoms with Crippen molar-refractivity contribution < 1.29 is 9.59 Å². The number of nitrogens with two attached hydrogens (primary N) is 1. The highest BCUT2D eigenvalue weighted by atomic mass is 16.2. The Labute approximate surface area is 83.4 Å². The smallest absolute Gasteiger partial charge is 0.237 e. The molecule has 2 atom stereocenters. The summed E-state index contributed by atoms with van der Waals surface area (Å²) in [4.78, 5) is 22.3. The van der Waals surface area contributed by atoms with Gasteiger partial charge in [0, 0.05) is 13.0 Å². The maximum Gasteiger partial charge on any atom is 0.237 e. The van der Waals surface area contributed by atoms with Crippen LogP contribution in [0.5, 0.6) is 0 Å². The van der Waals surface area contributed by atoms with Crippen LogP contribution in [0.3, 0.4) is 0 Å². The maximum atomic E-state index is 11.5. The van der Waals surface area contributed by atoms with E-state index in [1.165, 1.54) is 0 Å². The Balaban J connectivity index is 2.37. The summed E-state index contributed by atoms with van der Waals surface area (Å²) in [6.07, 6.45) is 0.358. The molecular formula is C9H17N3O2. The van der Waals surface area contributed by atoms with Gasteiger partial charge in [-0.1, -0.05) is 13.8 Å². The van der Waals surface area contributed by atoms with Crippen LogP contribution in [0.25, 0.3) is 0 Å². The second-order valence-electron chi connectivity index (χ2n) is 3.98. The molecule has 5 nitrogen and oxygen atoms in total. The highest BCUT2D eigenvalue weighted by Gasteiger charge is 2.25. The van der Waals surface area contributed by atoms with Gasteiger partial charge in [0.1, 0.15) is 0 Å². The number of hydrogen-bond donors (Lipinski definition) is 3. The van der Waals surface area contributed by atoms with Gasteiger partial charge in [-0.2, -0.15) is 0 Å². The molecule has 0 aromatic carbocycles. The molecule has 2 amide bonds. The highest BCUT2D eigenvalue weighted by Crippen LogP contribution is 2.02. The summed E-state index contributed by atoms with van der Waals surface area (Å²) in [5.41, 5.74) is 5.66. The Morgan fingerprint density at radius 2 is 2.29 bits per heavy atom. The van der Waals surface area contributed by atoms with E-state index in [4.69, 9.17) is 5.73 Å². The molecule has 1 heterocycles. The van der Waals surface area contributed by atoms with Crippen molar-refractivity contribution in [2.24, 2.45) is 11.7 Å². The number of nitrogens with one attached hydrogen (secondary N) is 2. The molecule has 5 heteroatoms. The van der Waals surface area contributed by atoms with E-state index in [2.05, 4.69) is 10.6 Å². The lowest BCUT2D eigenvalue weighted by Crippen LogP contribution is -2.48.